The lowest BCUT2D eigenvalue weighted by Gasteiger charge is -2.13. The summed E-state index contributed by atoms with van der Waals surface area (Å²) in [6.07, 6.45) is 1.43. The highest BCUT2D eigenvalue weighted by molar-refractivity contribution is 5.76. The van der Waals surface area contributed by atoms with Crippen molar-refractivity contribution in [3.63, 3.8) is 0 Å². The van der Waals surface area contributed by atoms with Gasteiger partial charge in [0, 0.05) is 20.1 Å². The van der Waals surface area contributed by atoms with E-state index in [0.29, 0.717) is 26.1 Å². The first-order chi connectivity index (χ1) is 9.21. The average Bonchev–Trinajstić information content (AvgIpc) is 2.44. The Morgan fingerprint density at radius 2 is 2.05 bits per heavy atom. The Morgan fingerprint density at radius 3 is 2.63 bits per heavy atom. The highest BCUT2D eigenvalue weighted by atomic mass is 16.5. The van der Waals surface area contributed by atoms with E-state index in [0.717, 1.165) is 17.5 Å². The van der Waals surface area contributed by atoms with Crippen LogP contribution >= 0.6 is 0 Å². The Bertz CT molecular complexity index is 389. The molecule has 1 atom stereocenters. The fourth-order valence-electron chi connectivity index (χ4n) is 1.95. The van der Waals surface area contributed by atoms with Gasteiger partial charge in [-0.2, -0.15) is 0 Å². The number of benzene rings is 1. The van der Waals surface area contributed by atoms with Gasteiger partial charge in [0.25, 0.3) is 0 Å². The first-order valence-corrected chi connectivity index (χ1v) is 6.73. The number of rotatable bonds is 8. The van der Waals surface area contributed by atoms with E-state index in [9.17, 15) is 4.79 Å². The van der Waals surface area contributed by atoms with Gasteiger partial charge in [-0.3, -0.25) is 4.79 Å². The van der Waals surface area contributed by atoms with Crippen molar-refractivity contribution in [1.29, 1.82) is 0 Å². The van der Waals surface area contributed by atoms with Crippen LogP contribution in [0, 0.1) is 5.92 Å². The average molecular weight is 264 g/mol. The van der Waals surface area contributed by atoms with Gasteiger partial charge < -0.3 is 15.8 Å². The first-order valence-electron chi connectivity index (χ1n) is 6.73. The van der Waals surface area contributed by atoms with Gasteiger partial charge in [0.15, 0.2) is 0 Å². The van der Waals surface area contributed by atoms with Crippen molar-refractivity contribution >= 4 is 5.91 Å². The fourth-order valence-corrected chi connectivity index (χ4v) is 1.95. The molecule has 0 fully saturated rings. The summed E-state index contributed by atoms with van der Waals surface area (Å²) < 4.78 is 5.15. The van der Waals surface area contributed by atoms with Gasteiger partial charge in [0.2, 0.25) is 5.91 Å². The van der Waals surface area contributed by atoms with Crippen molar-refractivity contribution in [2.45, 2.75) is 32.9 Å². The van der Waals surface area contributed by atoms with E-state index < -0.39 is 0 Å². The number of hydrogen-bond acceptors (Lipinski definition) is 3. The molecule has 0 heterocycles. The summed E-state index contributed by atoms with van der Waals surface area (Å²) in [6, 6.07) is 7.96. The van der Waals surface area contributed by atoms with E-state index in [1.54, 1.807) is 7.11 Å². The van der Waals surface area contributed by atoms with Crippen LogP contribution in [0.2, 0.25) is 0 Å². The zero-order chi connectivity index (χ0) is 14.1. The zero-order valence-corrected chi connectivity index (χ0v) is 11.8. The summed E-state index contributed by atoms with van der Waals surface area (Å²) in [5.74, 6) is 0.332. The predicted molar refractivity (Wildman–Crippen MR) is 76.5 cm³/mol. The second kappa shape index (κ2) is 8.67. The number of nitrogens with two attached hydrogens (primary N) is 1. The molecular formula is C15H24N2O2. The van der Waals surface area contributed by atoms with Crippen LogP contribution in [0.1, 0.15) is 30.9 Å². The molecule has 1 aromatic rings. The Balaban J connectivity index is 2.50. The number of amides is 1. The summed E-state index contributed by atoms with van der Waals surface area (Å²) in [6.45, 7) is 3.72. The molecule has 1 rings (SSSR count). The molecule has 0 aliphatic heterocycles. The predicted octanol–water partition coefficient (Wildman–Crippen LogP) is 1.82. The van der Waals surface area contributed by atoms with Crippen LogP contribution in [0.5, 0.6) is 0 Å². The molecule has 0 radical (unpaired) electrons. The van der Waals surface area contributed by atoms with Crippen molar-refractivity contribution in [2.75, 3.05) is 13.7 Å². The smallest absolute Gasteiger partial charge is 0.220 e. The minimum absolute atomic E-state index is 0.0597. The molecule has 0 spiro atoms. The molecule has 3 N–H and O–H groups in total. The third-order valence-corrected chi connectivity index (χ3v) is 3.28. The van der Waals surface area contributed by atoms with E-state index >= 15 is 0 Å². The van der Waals surface area contributed by atoms with E-state index in [1.807, 2.05) is 24.3 Å². The van der Waals surface area contributed by atoms with Gasteiger partial charge in [0.1, 0.15) is 0 Å². The van der Waals surface area contributed by atoms with Crippen molar-refractivity contribution in [3.8, 4) is 0 Å². The standard InChI is InChI=1S/C15H24N2O2/c1-3-12(9-16)8-15(18)17-10-13-6-4-5-7-14(13)11-19-2/h4-7,12H,3,8-11,16H2,1-2H3,(H,17,18). The SMILES string of the molecule is CCC(CN)CC(=O)NCc1ccccc1COC. The molecule has 0 aliphatic carbocycles. The second-order valence-corrected chi connectivity index (χ2v) is 4.69. The van der Waals surface area contributed by atoms with Gasteiger partial charge in [-0.1, -0.05) is 37.6 Å². The molecule has 0 bridgehead atoms. The molecule has 0 aromatic heterocycles. The summed E-state index contributed by atoms with van der Waals surface area (Å²) >= 11 is 0. The maximum Gasteiger partial charge on any atom is 0.220 e. The fraction of sp³-hybridized carbons (Fsp3) is 0.533. The topological polar surface area (TPSA) is 64.4 Å². The summed E-state index contributed by atoms with van der Waals surface area (Å²) in [5.41, 5.74) is 7.81. The van der Waals surface area contributed by atoms with Crippen LogP contribution in [0.4, 0.5) is 0 Å². The molecule has 1 aromatic carbocycles. The Hall–Kier alpha value is -1.39. The van der Waals surface area contributed by atoms with Gasteiger partial charge in [0.05, 0.1) is 6.61 Å². The molecular weight excluding hydrogens is 240 g/mol. The summed E-state index contributed by atoms with van der Waals surface area (Å²) in [4.78, 5) is 11.8. The van der Waals surface area contributed by atoms with Crippen molar-refractivity contribution in [2.24, 2.45) is 11.7 Å². The van der Waals surface area contributed by atoms with Crippen LogP contribution in [0.3, 0.4) is 0 Å². The minimum Gasteiger partial charge on any atom is -0.380 e. The molecule has 0 saturated heterocycles. The van der Waals surface area contributed by atoms with E-state index in [4.69, 9.17) is 10.5 Å². The lowest BCUT2D eigenvalue weighted by atomic mass is 10.0. The summed E-state index contributed by atoms with van der Waals surface area (Å²) in [7, 11) is 1.67. The molecule has 106 valence electrons. The van der Waals surface area contributed by atoms with Crippen molar-refractivity contribution in [1.82, 2.24) is 5.32 Å². The minimum atomic E-state index is 0.0597. The molecule has 1 unspecified atom stereocenters. The third kappa shape index (κ3) is 5.41. The number of hydrogen-bond donors (Lipinski definition) is 2. The maximum atomic E-state index is 11.8. The summed E-state index contributed by atoms with van der Waals surface area (Å²) in [5, 5.41) is 2.95. The van der Waals surface area contributed by atoms with Crippen LogP contribution in [0.25, 0.3) is 0 Å². The number of methoxy groups -OCH3 is 1. The van der Waals surface area contributed by atoms with Crippen LogP contribution < -0.4 is 11.1 Å². The molecule has 0 aliphatic rings. The van der Waals surface area contributed by atoms with Crippen LogP contribution in [-0.4, -0.2) is 19.6 Å². The van der Waals surface area contributed by atoms with E-state index in [2.05, 4.69) is 12.2 Å². The molecule has 4 nitrogen and oxygen atoms in total. The highest BCUT2D eigenvalue weighted by Gasteiger charge is 2.10. The Labute approximate surface area is 115 Å². The lowest BCUT2D eigenvalue weighted by molar-refractivity contribution is -0.122. The highest BCUT2D eigenvalue weighted by Crippen LogP contribution is 2.10. The van der Waals surface area contributed by atoms with Gasteiger partial charge in [-0.15, -0.1) is 0 Å². The number of nitrogens with one attached hydrogen (secondary N) is 1. The molecule has 0 saturated carbocycles. The molecule has 19 heavy (non-hydrogen) atoms. The number of ether oxygens (including phenoxy) is 1. The van der Waals surface area contributed by atoms with Crippen LogP contribution in [0.15, 0.2) is 24.3 Å². The Morgan fingerprint density at radius 1 is 1.37 bits per heavy atom. The quantitative estimate of drug-likeness (QED) is 0.753. The van der Waals surface area contributed by atoms with Crippen molar-refractivity contribution < 1.29 is 9.53 Å². The monoisotopic (exact) mass is 264 g/mol. The normalized spacial score (nSPS) is 12.2. The van der Waals surface area contributed by atoms with Gasteiger partial charge in [-0.05, 0) is 23.6 Å². The number of carbonyl (C=O) groups is 1. The maximum absolute atomic E-state index is 11.8. The first kappa shape index (κ1) is 15.7. The van der Waals surface area contributed by atoms with E-state index in [-0.39, 0.29) is 11.8 Å². The Kier molecular flexibility index (Phi) is 7.15. The largest absolute Gasteiger partial charge is 0.380 e. The second-order valence-electron chi connectivity index (χ2n) is 4.69. The zero-order valence-electron chi connectivity index (χ0n) is 11.8. The lowest BCUT2D eigenvalue weighted by Crippen LogP contribution is -2.28. The van der Waals surface area contributed by atoms with Gasteiger partial charge in [-0.25, -0.2) is 0 Å². The third-order valence-electron chi connectivity index (χ3n) is 3.28. The van der Waals surface area contributed by atoms with Gasteiger partial charge >= 0.3 is 0 Å². The van der Waals surface area contributed by atoms with Crippen LogP contribution in [-0.2, 0) is 22.7 Å². The number of carbonyl (C=O) groups excluding carboxylic acids is 1. The molecule has 4 heteroatoms. The van der Waals surface area contributed by atoms with E-state index in [1.165, 1.54) is 0 Å². The molecule has 1 amide bonds. The van der Waals surface area contributed by atoms with Crippen molar-refractivity contribution in [3.05, 3.63) is 35.4 Å².